The number of nitrogens with one attached hydrogen (secondary N) is 1. The molecule has 8 heteroatoms. The second kappa shape index (κ2) is 7.94. The zero-order valence-corrected chi connectivity index (χ0v) is 17.2. The third-order valence-electron chi connectivity index (χ3n) is 4.33. The highest BCUT2D eigenvalue weighted by Crippen LogP contribution is 2.38. The molecule has 0 saturated heterocycles. The molecule has 2 heterocycles. The number of pyridine rings is 1. The van der Waals surface area contributed by atoms with Crippen LogP contribution in [0.1, 0.15) is 26.2 Å². The molecule has 0 bridgehead atoms. The minimum Gasteiger partial charge on any atom is -0.480 e. The fourth-order valence-electron chi connectivity index (χ4n) is 3.07. The monoisotopic (exact) mass is 439 g/mol. The van der Waals surface area contributed by atoms with Gasteiger partial charge in [0.25, 0.3) is 10.0 Å². The summed E-state index contributed by atoms with van der Waals surface area (Å²) in [6, 6.07) is 11.3. The largest absolute Gasteiger partial charge is 0.480 e. The van der Waals surface area contributed by atoms with Crippen LogP contribution in [0.4, 0.5) is 11.4 Å². The number of benzene rings is 1. The van der Waals surface area contributed by atoms with E-state index in [0.29, 0.717) is 16.7 Å². The Hall–Kier alpha value is -1.64. The maximum Gasteiger partial charge on any atom is 0.260 e. The molecule has 0 fully saturated rings. The number of sulfonamides is 1. The molecular weight excluding hydrogens is 418 g/mol. The molecule has 1 aliphatic heterocycles. The van der Waals surface area contributed by atoms with Crippen molar-refractivity contribution in [2.24, 2.45) is 0 Å². The van der Waals surface area contributed by atoms with Crippen molar-refractivity contribution < 1.29 is 13.2 Å². The summed E-state index contributed by atoms with van der Waals surface area (Å²) in [6.45, 7) is 2.63. The van der Waals surface area contributed by atoms with E-state index in [-0.39, 0.29) is 16.9 Å². The summed E-state index contributed by atoms with van der Waals surface area (Å²) < 4.78 is 34.5. The molecule has 1 N–H and O–H groups in total. The molecule has 3 rings (SSSR count). The first-order valence-corrected chi connectivity index (χ1v) is 10.8. The molecule has 2 aromatic rings. The zero-order valence-electron chi connectivity index (χ0n) is 14.8. The van der Waals surface area contributed by atoms with Crippen LogP contribution in [0.15, 0.2) is 45.9 Å². The fraction of sp³-hybridized carbons (Fsp3) is 0.389. The summed E-state index contributed by atoms with van der Waals surface area (Å²) in [4.78, 5) is 6.28. The number of hydrogen-bond donors (Lipinski definition) is 1. The fourth-order valence-corrected chi connectivity index (χ4v) is 4.92. The predicted octanol–water partition coefficient (Wildman–Crippen LogP) is 3.84. The van der Waals surface area contributed by atoms with E-state index in [4.69, 9.17) is 4.74 Å². The van der Waals surface area contributed by atoms with Crippen LogP contribution >= 0.6 is 15.9 Å². The van der Waals surface area contributed by atoms with Crippen LogP contribution in [0.25, 0.3) is 0 Å². The summed E-state index contributed by atoms with van der Waals surface area (Å²) in [6.07, 6.45) is 2.73. The average Bonchev–Trinajstić information content (AvgIpc) is 2.74. The highest BCUT2D eigenvalue weighted by molar-refractivity contribution is 9.10. The number of rotatable bonds is 5. The maximum atomic E-state index is 13.0. The number of unbranched alkanes of at least 4 members (excludes halogenated alkanes) is 1. The number of fused-ring (bicyclic) bond motifs is 1. The summed E-state index contributed by atoms with van der Waals surface area (Å²) in [5.74, 6) is 0.245. The molecule has 1 atom stereocenters. The van der Waals surface area contributed by atoms with Crippen LogP contribution in [0.2, 0.25) is 0 Å². The molecule has 1 unspecified atom stereocenters. The number of anilines is 2. The van der Waals surface area contributed by atoms with Gasteiger partial charge >= 0.3 is 0 Å². The Morgan fingerprint density at radius 1 is 1.35 bits per heavy atom. The average molecular weight is 440 g/mol. The van der Waals surface area contributed by atoms with E-state index in [1.807, 2.05) is 35.2 Å². The number of hydrogen-bond acceptors (Lipinski definition) is 5. The number of nitrogens with zero attached hydrogens (tertiary/aromatic N) is 2. The Kier molecular flexibility index (Phi) is 5.84. The van der Waals surface area contributed by atoms with E-state index in [0.717, 1.165) is 24.9 Å². The van der Waals surface area contributed by atoms with Gasteiger partial charge in [0.05, 0.1) is 17.3 Å². The van der Waals surface area contributed by atoms with Crippen molar-refractivity contribution in [2.75, 3.05) is 18.6 Å². The van der Waals surface area contributed by atoms with E-state index < -0.39 is 10.0 Å². The Morgan fingerprint density at radius 2 is 2.08 bits per heavy atom. The van der Waals surface area contributed by atoms with Crippen molar-refractivity contribution in [3.8, 4) is 5.88 Å². The Balaban J connectivity index is 2.17. The van der Waals surface area contributed by atoms with Gasteiger partial charge in [-0.25, -0.2) is 13.1 Å². The van der Waals surface area contributed by atoms with Gasteiger partial charge in [0.2, 0.25) is 5.88 Å². The van der Waals surface area contributed by atoms with E-state index >= 15 is 0 Å². The minimum atomic E-state index is -3.75. The van der Waals surface area contributed by atoms with Gasteiger partial charge in [-0.15, -0.1) is 0 Å². The van der Waals surface area contributed by atoms with Gasteiger partial charge in [0, 0.05) is 18.3 Å². The summed E-state index contributed by atoms with van der Waals surface area (Å²) in [5, 5.41) is -0.0135. The number of para-hydroxylation sites is 1. The SMILES string of the molecule is CCCCC1CN(c2ccccc2)c2cc(Br)c(OC)nc2S(=O)(=O)N1. The van der Waals surface area contributed by atoms with E-state index in [2.05, 4.69) is 32.6 Å². The van der Waals surface area contributed by atoms with Gasteiger partial charge in [-0.05, 0) is 40.5 Å². The number of aromatic nitrogens is 1. The quantitative estimate of drug-likeness (QED) is 0.765. The third-order valence-corrected chi connectivity index (χ3v) is 6.35. The van der Waals surface area contributed by atoms with Gasteiger partial charge in [0.1, 0.15) is 0 Å². The topological polar surface area (TPSA) is 71.5 Å². The maximum absolute atomic E-state index is 13.0. The van der Waals surface area contributed by atoms with Crippen molar-refractivity contribution in [1.82, 2.24) is 9.71 Å². The van der Waals surface area contributed by atoms with Gasteiger partial charge in [-0.3, -0.25) is 0 Å². The Morgan fingerprint density at radius 3 is 2.73 bits per heavy atom. The first kappa shape index (κ1) is 19.1. The molecule has 1 aliphatic rings. The molecule has 26 heavy (non-hydrogen) atoms. The van der Waals surface area contributed by atoms with E-state index in [1.165, 1.54) is 7.11 Å². The van der Waals surface area contributed by atoms with Gasteiger partial charge in [-0.2, -0.15) is 4.98 Å². The molecule has 1 aromatic carbocycles. The second-order valence-corrected chi connectivity index (χ2v) is 8.69. The molecule has 0 radical (unpaired) electrons. The number of methoxy groups -OCH3 is 1. The highest BCUT2D eigenvalue weighted by Gasteiger charge is 2.34. The van der Waals surface area contributed by atoms with Crippen LogP contribution < -0.4 is 14.4 Å². The third kappa shape index (κ3) is 3.87. The normalized spacial score (nSPS) is 18.9. The van der Waals surface area contributed by atoms with Crippen molar-refractivity contribution in [2.45, 2.75) is 37.3 Å². The van der Waals surface area contributed by atoms with Crippen molar-refractivity contribution in [3.05, 3.63) is 40.9 Å². The van der Waals surface area contributed by atoms with Gasteiger partial charge < -0.3 is 9.64 Å². The van der Waals surface area contributed by atoms with Gasteiger partial charge in [-0.1, -0.05) is 38.0 Å². The van der Waals surface area contributed by atoms with Crippen molar-refractivity contribution in [1.29, 1.82) is 0 Å². The van der Waals surface area contributed by atoms with E-state index in [1.54, 1.807) is 6.07 Å². The zero-order chi connectivity index (χ0) is 18.7. The van der Waals surface area contributed by atoms with Crippen LogP contribution in [-0.2, 0) is 10.0 Å². The predicted molar refractivity (Wildman–Crippen MR) is 106 cm³/mol. The number of ether oxygens (including phenoxy) is 1. The molecule has 0 spiro atoms. The first-order valence-electron chi connectivity index (χ1n) is 8.55. The van der Waals surface area contributed by atoms with Crippen LogP contribution in [-0.4, -0.2) is 33.1 Å². The van der Waals surface area contributed by atoms with Crippen molar-refractivity contribution in [3.63, 3.8) is 0 Å². The first-order chi connectivity index (χ1) is 12.5. The Bertz CT molecular complexity index is 875. The van der Waals surface area contributed by atoms with E-state index in [9.17, 15) is 8.42 Å². The summed E-state index contributed by atoms with van der Waals surface area (Å²) >= 11 is 3.43. The van der Waals surface area contributed by atoms with Crippen LogP contribution in [0.3, 0.4) is 0 Å². The van der Waals surface area contributed by atoms with Crippen LogP contribution in [0, 0.1) is 0 Å². The molecular formula is C18H22BrN3O3S. The van der Waals surface area contributed by atoms with Crippen molar-refractivity contribution >= 4 is 37.3 Å². The molecule has 0 aliphatic carbocycles. The lowest BCUT2D eigenvalue weighted by molar-refractivity contribution is 0.391. The molecule has 6 nitrogen and oxygen atoms in total. The number of halogens is 1. The summed E-state index contributed by atoms with van der Waals surface area (Å²) in [5.41, 5.74) is 1.46. The molecule has 0 saturated carbocycles. The lowest BCUT2D eigenvalue weighted by Crippen LogP contribution is -2.39. The Labute approximate surface area is 162 Å². The smallest absolute Gasteiger partial charge is 0.260 e. The lowest BCUT2D eigenvalue weighted by atomic mass is 10.1. The second-order valence-electron chi connectivity index (χ2n) is 6.21. The molecule has 0 amide bonds. The highest BCUT2D eigenvalue weighted by atomic mass is 79.9. The lowest BCUT2D eigenvalue weighted by Gasteiger charge is -2.27. The standard InChI is InChI=1S/C18H22BrN3O3S/c1-3-4-8-13-12-22(14-9-6-5-7-10-14)16-11-15(19)17(25-2)20-18(16)26(23,24)21-13/h5-7,9-11,13,21H,3-4,8,12H2,1-2H3. The van der Waals surface area contributed by atoms with Crippen LogP contribution in [0.5, 0.6) is 5.88 Å². The van der Waals surface area contributed by atoms with Gasteiger partial charge in [0.15, 0.2) is 5.03 Å². The molecule has 140 valence electrons. The summed E-state index contributed by atoms with van der Waals surface area (Å²) in [7, 11) is -2.28. The minimum absolute atomic E-state index is 0.0135. The molecule has 1 aromatic heterocycles.